The summed E-state index contributed by atoms with van der Waals surface area (Å²) in [6, 6.07) is 11.4. The minimum absolute atomic E-state index is 0.0976. The number of benzene rings is 2. The zero-order valence-electron chi connectivity index (χ0n) is 20.3. The van der Waals surface area contributed by atoms with Crippen LogP contribution in [0.25, 0.3) is 5.69 Å². The molecule has 0 amide bonds. The third kappa shape index (κ3) is 4.65. The number of aromatic nitrogens is 2. The predicted octanol–water partition coefficient (Wildman–Crippen LogP) is 6.36. The Labute approximate surface area is 216 Å². The monoisotopic (exact) mass is 534 g/mol. The van der Waals surface area contributed by atoms with Crippen molar-refractivity contribution in [2.75, 3.05) is 20.0 Å². The Morgan fingerprint density at radius 2 is 1.97 bits per heavy atom. The van der Waals surface area contributed by atoms with E-state index in [0.29, 0.717) is 31.6 Å². The van der Waals surface area contributed by atoms with Crippen molar-refractivity contribution in [3.8, 4) is 5.69 Å². The minimum atomic E-state index is -4.54. The molecule has 1 aliphatic carbocycles. The van der Waals surface area contributed by atoms with Gasteiger partial charge in [-0.2, -0.15) is 13.2 Å². The van der Waals surface area contributed by atoms with Gasteiger partial charge in [0.1, 0.15) is 11.5 Å². The van der Waals surface area contributed by atoms with E-state index in [2.05, 4.69) is 4.98 Å². The fraction of sp³-hybridized carbons (Fsp3) is 0.407. The Balaban J connectivity index is 1.51. The molecule has 1 saturated carbocycles. The van der Waals surface area contributed by atoms with Crippen molar-refractivity contribution >= 4 is 17.7 Å². The number of carbonyl (C=O) groups is 1. The average Bonchev–Trinajstić information content (AvgIpc) is 3.63. The first-order chi connectivity index (χ1) is 17.7. The van der Waals surface area contributed by atoms with Crippen molar-refractivity contribution in [3.05, 3.63) is 77.6 Å². The smallest absolute Gasteiger partial charge is 0.433 e. The number of esters is 1. The van der Waals surface area contributed by atoms with Gasteiger partial charge in [-0.3, -0.25) is 9.36 Å². The van der Waals surface area contributed by atoms with Gasteiger partial charge >= 0.3 is 12.1 Å². The third-order valence-electron chi connectivity index (χ3n) is 7.60. The maximum atomic E-state index is 13.7. The van der Waals surface area contributed by atoms with Gasteiger partial charge in [-0.15, -0.1) is 11.8 Å². The molecule has 1 aromatic heterocycles. The molecule has 0 radical (unpaired) electrons. The summed E-state index contributed by atoms with van der Waals surface area (Å²) in [5.74, 6) is -1.54. The maximum absolute atomic E-state index is 13.7. The zero-order chi connectivity index (χ0) is 26.4. The lowest BCUT2D eigenvalue weighted by Crippen LogP contribution is -2.35. The number of halogens is 4. The molecule has 5 nitrogen and oxygen atoms in total. The lowest BCUT2D eigenvalue weighted by atomic mass is 9.76. The van der Waals surface area contributed by atoms with Crippen molar-refractivity contribution in [2.24, 2.45) is 5.92 Å². The summed E-state index contributed by atoms with van der Waals surface area (Å²) >= 11 is 1.52. The number of rotatable bonds is 5. The van der Waals surface area contributed by atoms with Gasteiger partial charge in [0.15, 0.2) is 0 Å². The topological polar surface area (TPSA) is 53.4 Å². The number of methoxy groups -OCH3 is 1. The highest BCUT2D eigenvalue weighted by Crippen LogP contribution is 2.57. The molecule has 1 spiro atoms. The van der Waals surface area contributed by atoms with E-state index in [4.69, 9.17) is 9.47 Å². The molecule has 2 heterocycles. The highest BCUT2D eigenvalue weighted by Gasteiger charge is 2.56. The highest BCUT2D eigenvalue weighted by atomic mass is 32.2. The number of ether oxygens (including phenoxy) is 2. The molecule has 2 fully saturated rings. The van der Waals surface area contributed by atoms with E-state index in [1.807, 2.05) is 12.3 Å². The van der Waals surface area contributed by atoms with E-state index in [9.17, 15) is 22.4 Å². The molecule has 2 aliphatic rings. The standard InChI is InChI=1S/C27H26F4N2O3S/c1-35-25(34)20-9-10-26(24(20)16-3-5-18(28)6-4-16)12-17(14-36-26)21-11-19(7-8-22(21)37-2)33-15-32-13-23(33)27(29,30)31/h3-8,11,13,15,17,20,24H,9-10,12,14H2,1-2H3/t17-,20+,24-,26-/m1/s1. The van der Waals surface area contributed by atoms with E-state index in [1.54, 1.807) is 24.3 Å². The van der Waals surface area contributed by atoms with E-state index in [1.165, 1.54) is 31.0 Å². The van der Waals surface area contributed by atoms with E-state index < -0.39 is 23.4 Å². The first-order valence-electron chi connectivity index (χ1n) is 11.9. The van der Waals surface area contributed by atoms with Crippen LogP contribution in [0.4, 0.5) is 17.6 Å². The van der Waals surface area contributed by atoms with Crippen molar-refractivity contribution in [1.82, 2.24) is 9.55 Å². The Kier molecular flexibility index (Phi) is 6.83. The molecule has 0 unspecified atom stereocenters. The maximum Gasteiger partial charge on any atom is 0.433 e. The second-order valence-electron chi connectivity index (χ2n) is 9.55. The predicted molar refractivity (Wildman–Crippen MR) is 130 cm³/mol. The SMILES string of the molecule is COC(=O)[C@H]1CC[C@@]2(C[C@@H](c3cc(-n4cncc4C(F)(F)F)ccc3SC)CO2)[C@@H]1c1ccc(F)cc1. The van der Waals surface area contributed by atoms with Crippen LogP contribution in [0, 0.1) is 11.7 Å². The second-order valence-corrected chi connectivity index (χ2v) is 10.4. The molecule has 2 aromatic carbocycles. The molecule has 1 aliphatic heterocycles. The van der Waals surface area contributed by atoms with Crippen molar-refractivity contribution in [1.29, 1.82) is 0 Å². The largest absolute Gasteiger partial charge is 0.469 e. The summed E-state index contributed by atoms with van der Waals surface area (Å²) in [7, 11) is 1.36. The van der Waals surface area contributed by atoms with Gasteiger partial charge in [0.05, 0.1) is 37.8 Å². The molecule has 0 bridgehead atoms. The molecule has 0 N–H and O–H groups in total. The van der Waals surface area contributed by atoms with Crippen molar-refractivity contribution < 1.29 is 31.8 Å². The van der Waals surface area contributed by atoms with Gasteiger partial charge in [-0.25, -0.2) is 9.37 Å². The number of imidazole rings is 1. The van der Waals surface area contributed by atoms with Crippen LogP contribution in [0.3, 0.4) is 0 Å². The van der Waals surface area contributed by atoms with Crippen LogP contribution in [0.1, 0.15) is 47.9 Å². The molecule has 1 saturated heterocycles. The number of alkyl halides is 3. The molecule has 3 aromatic rings. The number of thioether (sulfide) groups is 1. The molecule has 37 heavy (non-hydrogen) atoms. The summed E-state index contributed by atoms with van der Waals surface area (Å²) in [5.41, 5.74) is 0.555. The fourth-order valence-electron chi connectivity index (χ4n) is 5.99. The first-order valence-corrected chi connectivity index (χ1v) is 13.1. The van der Waals surface area contributed by atoms with Crippen LogP contribution in [0.5, 0.6) is 0 Å². The van der Waals surface area contributed by atoms with Gasteiger partial charge in [-0.1, -0.05) is 12.1 Å². The van der Waals surface area contributed by atoms with Crippen LogP contribution < -0.4 is 0 Å². The Bertz CT molecular complexity index is 1290. The number of nitrogens with zero attached hydrogens (tertiary/aromatic N) is 2. The normalized spacial score (nSPS) is 25.6. The summed E-state index contributed by atoms with van der Waals surface area (Å²) < 4.78 is 66.9. The quantitative estimate of drug-likeness (QED) is 0.217. The van der Waals surface area contributed by atoms with Gasteiger partial charge < -0.3 is 9.47 Å². The van der Waals surface area contributed by atoms with Crippen LogP contribution in [0.15, 0.2) is 59.9 Å². The van der Waals surface area contributed by atoms with Crippen LogP contribution in [-0.4, -0.2) is 41.1 Å². The lowest BCUT2D eigenvalue weighted by Gasteiger charge is -2.33. The first kappa shape index (κ1) is 25.8. The van der Waals surface area contributed by atoms with Gasteiger partial charge in [0, 0.05) is 22.4 Å². The molecule has 4 atom stereocenters. The zero-order valence-corrected chi connectivity index (χ0v) is 21.1. The van der Waals surface area contributed by atoms with Gasteiger partial charge in [0.2, 0.25) is 0 Å². The molecular formula is C27H26F4N2O3S. The third-order valence-corrected chi connectivity index (χ3v) is 8.42. The molecular weight excluding hydrogens is 508 g/mol. The van der Waals surface area contributed by atoms with Crippen LogP contribution >= 0.6 is 11.8 Å². The van der Waals surface area contributed by atoms with Crippen LogP contribution in [0.2, 0.25) is 0 Å². The average molecular weight is 535 g/mol. The lowest BCUT2D eigenvalue weighted by molar-refractivity contribution is -0.147. The second kappa shape index (κ2) is 9.79. The summed E-state index contributed by atoms with van der Waals surface area (Å²) in [6.07, 6.45) is 1.14. The molecule has 196 valence electrons. The van der Waals surface area contributed by atoms with Gasteiger partial charge in [-0.05, 0) is 67.0 Å². The van der Waals surface area contributed by atoms with E-state index >= 15 is 0 Å². The summed E-state index contributed by atoms with van der Waals surface area (Å²) in [4.78, 5) is 17.4. The number of hydrogen-bond acceptors (Lipinski definition) is 5. The minimum Gasteiger partial charge on any atom is -0.469 e. The highest BCUT2D eigenvalue weighted by molar-refractivity contribution is 7.98. The van der Waals surface area contributed by atoms with E-state index in [0.717, 1.165) is 33.1 Å². The van der Waals surface area contributed by atoms with Crippen molar-refractivity contribution in [2.45, 2.75) is 47.8 Å². The summed E-state index contributed by atoms with van der Waals surface area (Å²) in [6.45, 7) is 0.360. The fourth-order valence-corrected chi connectivity index (χ4v) is 6.66. The van der Waals surface area contributed by atoms with Crippen molar-refractivity contribution in [3.63, 3.8) is 0 Å². The Morgan fingerprint density at radius 3 is 2.65 bits per heavy atom. The Morgan fingerprint density at radius 1 is 1.22 bits per heavy atom. The molecule has 5 rings (SSSR count). The van der Waals surface area contributed by atoms with Crippen LogP contribution in [-0.2, 0) is 20.4 Å². The molecule has 10 heteroatoms. The number of carbonyl (C=O) groups excluding carboxylic acids is 1. The summed E-state index contributed by atoms with van der Waals surface area (Å²) in [5, 5.41) is 0. The van der Waals surface area contributed by atoms with E-state index in [-0.39, 0.29) is 23.6 Å². The van der Waals surface area contributed by atoms with Gasteiger partial charge in [0.25, 0.3) is 0 Å². The number of hydrogen-bond donors (Lipinski definition) is 0. The Hall–Kier alpha value is -2.85.